The molecule has 0 aromatic rings. The van der Waals surface area contributed by atoms with Gasteiger partial charge in [-0.25, -0.2) is 0 Å². The van der Waals surface area contributed by atoms with E-state index < -0.39 is 30.7 Å². The highest BCUT2D eigenvalue weighted by molar-refractivity contribution is 5.73. The SMILES string of the molecule is CC(=O)N[C@H]1COC(/C=C/O)[C@@H](O[C@H]2C[C@@H](O)C[C@@H](CO)O2)C1. The first-order chi connectivity index (χ1) is 11.0. The maximum absolute atomic E-state index is 11.2. The van der Waals surface area contributed by atoms with E-state index in [2.05, 4.69) is 5.32 Å². The van der Waals surface area contributed by atoms with E-state index >= 15 is 0 Å². The fourth-order valence-electron chi connectivity index (χ4n) is 2.95. The minimum absolute atomic E-state index is 0.154. The van der Waals surface area contributed by atoms with Crippen molar-refractivity contribution in [2.75, 3.05) is 13.2 Å². The zero-order valence-electron chi connectivity index (χ0n) is 13.1. The molecule has 8 nitrogen and oxygen atoms in total. The molecular weight excluding hydrogens is 306 g/mol. The molecule has 2 aliphatic heterocycles. The minimum Gasteiger partial charge on any atom is -0.516 e. The summed E-state index contributed by atoms with van der Waals surface area (Å²) >= 11 is 0. The fraction of sp³-hybridized carbons (Fsp3) is 0.800. The van der Waals surface area contributed by atoms with Gasteiger partial charge in [0.2, 0.25) is 5.91 Å². The van der Waals surface area contributed by atoms with Crippen LogP contribution in [-0.4, -0.2) is 71.2 Å². The van der Waals surface area contributed by atoms with Crippen LogP contribution in [0, 0.1) is 0 Å². The van der Waals surface area contributed by atoms with E-state index in [4.69, 9.17) is 19.3 Å². The van der Waals surface area contributed by atoms with E-state index in [0.717, 1.165) is 6.26 Å². The van der Waals surface area contributed by atoms with Crippen molar-refractivity contribution >= 4 is 5.91 Å². The third-order valence-electron chi connectivity index (χ3n) is 3.93. The topological polar surface area (TPSA) is 117 Å². The summed E-state index contributed by atoms with van der Waals surface area (Å²) in [5.74, 6) is -0.154. The molecule has 1 unspecified atom stereocenters. The smallest absolute Gasteiger partial charge is 0.217 e. The Kier molecular flexibility index (Phi) is 6.79. The van der Waals surface area contributed by atoms with Gasteiger partial charge in [0.25, 0.3) is 0 Å². The molecule has 1 amide bonds. The summed E-state index contributed by atoms with van der Waals surface area (Å²) in [4.78, 5) is 11.2. The summed E-state index contributed by atoms with van der Waals surface area (Å²) in [5, 5.41) is 30.8. The summed E-state index contributed by atoms with van der Waals surface area (Å²) in [6.07, 6.45) is 0.867. The monoisotopic (exact) mass is 331 g/mol. The highest BCUT2D eigenvalue weighted by atomic mass is 16.7. The van der Waals surface area contributed by atoms with Crippen LogP contribution in [0.3, 0.4) is 0 Å². The average molecular weight is 331 g/mol. The molecule has 4 N–H and O–H groups in total. The van der Waals surface area contributed by atoms with E-state index in [0.29, 0.717) is 25.9 Å². The second-order valence-electron chi connectivity index (χ2n) is 5.94. The van der Waals surface area contributed by atoms with Crippen LogP contribution in [0.1, 0.15) is 26.2 Å². The number of aliphatic hydroxyl groups excluding tert-OH is 3. The molecule has 0 aromatic heterocycles. The Morgan fingerprint density at radius 1 is 1.39 bits per heavy atom. The molecule has 0 spiro atoms. The van der Waals surface area contributed by atoms with Crippen molar-refractivity contribution in [3.8, 4) is 0 Å². The number of amides is 1. The van der Waals surface area contributed by atoms with Gasteiger partial charge >= 0.3 is 0 Å². The van der Waals surface area contributed by atoms with E-state index in [1.54, 1.807) is 0 Å². The first-order valence-electron chi connectivity index (χ1n) is 7.81. The van der Waals surface area contributed by atoms with Gasteiger partial charge in [0, 0.05) is 19.8 Å². The zero-order valence-corrected chi connectivity index (χ0v) is 13.1. The molecule has 0 saturated carbocycles. The first kappa shape index (κ1) is 18.2. The summed E-state index contributed by atoms with van der Waals surface area (Å²) in [7, 11) is 0. The van der Waals surface area contributed by atoms with E-state index in [1.807, 2.05) is 0 Å². The fourth-order valence-corrected chi connectivity index (χ4v) is 2.95. The van der Waals surface area contributed by atoms with Crippen molar-refractivity contribution in [1.29, 1.82) is 0 Å². The standard InChI is InChI=1S/C15H25NO7/c1-9(19)16-10-4-14(13(2-3-17)21-8-10)23-15-6-11(20)5-12(7-18)22-15/h2-3,10-15,17-18,20H,4-8H2,1H3,(H,16,19)/b3-2+/t10-,11+,12+,13?,14+,15+/m1/s1. The van der Waals surface area contributed by atoms with Crippen molar-refractivity contribution in [3.63, 3.8) is 0 Å². The first-order valence-corrected chi connectivity index (χ1v) is 7.81. The van der Waals surface area contributed by atoms with Crippen LogP contribution in [0.4, 0.5) is 0 Å². The van der Waals surface area contributed by atoms with Gasteiger partial charge in [-0.05, 0) is 12.5 Å². The number of hydrogen-bond acceptors (Lipinski definition) is 7. The molecule has 0 aliphatic carbocycles. The zero-order chi connectivity index (χ0) is 16.8. The van der Waals surface area contributed by atoms with Crippen LogP contribution in [0.5, 0.6) is 0 Å². The van der Waals surface area contributed by atoms with E-state index in [-0.39, 0.29) is 18.6 Å². The van der Waals surface area contributed by atoms with Gasteiger partial charge in [0.05, 0.1) is 43.8 Å². The molecule has 2 saturated heterocycles. The predicted molar refractivity (Wildman–Crippen MR) is 79.6 cm³/mol. The minimum atomic E-state index is -0.671. The van der Waals surface area contributed by atoms with Crippen LogP contribution >= 0.6 is 0 Å². The lowest BCUT2D eigenvalue weighted by Crippen LogP contribution is -2.51. The number of rotatable bonds is 5. The van der Waals surface area contributed by atoms with E-state index in [1.165, 1.54) is 13.0 Å². The van der Waals surface area contributed by atoms with Gasteiger partial charge < -0.3 is 34.8 Å². The van der Waals surface area contributed by atoms with Crippen molar-refractivity contribution in [2.45, 2.75) is 62.9 Å². The molecule has 2 aliphatic rings. The Morgan fingerprint density at radius 3 is 2.83 bits per heavy atom. The number of carbonyl (C=O) groups excluding carboxylic acids is 1. The van der Waals surface area contributed by atoms with E-state index in [9.17, 15) is 15.0 Å². The molecule has 2 heterocycles. The van der Waals surface area contributed by atoms with Crippen LogP contribution < -0.4 is 5.32 Å². The summed E-state index contributed by atoms with van der Waals surface area (Å²) in [6.45, 7) is 1.57. The lowest BCUT2D eigenvalue weighted by Gasteiger charge is -2.39. The molecule has 0 radical (unpaired) electrons. The molecule has 0 bridgehead atoms. The number of aliphatic hydroxyl groups is 3. The molecule has 2 rings (SSSR count). The summed E-state index contributed by atoms with van der Waals surface area (Å²) < 4.78 is 17.1. The van der Waals surface area contributed by atoms with Crippen LogP contribution in [0.15, 0.2) is 12.3 Å². The van der Waals surface area contributed by atoms with Gasteiger partial charge in [0.1, 0.15) is 6.10 Å². The largest absolute Gasteiger partial charge is 0.516 e. The number of nitrogens with one attached hydrogen (secondary N) is 1. The molecule has 132 valence electrons. The molecule has 0 aromatic carbocycles. The van der Waals surface area contributed by atoms with Gasteiger partial charge in [-0.15, -0.1) is 0 Å². The lowest BCUT2D eigenvalue weighted by atomic mass is 10.0. The van der Waals surface area contributed by atoms with Crippen LogP contribution in [0.25, 0.3) is 0 Å². The van der Waals surface area contributed by atoms with Gasteiger partial charge in [-0.3, -0.25) is 4.79 Å². The van der Waals surface area contributed by atoms with Crippen molar-refractivity contribution in [3.05, 3.63) is 12.3 Å². The lowest BCUT2D eigenvalue weighted by molar-refractivity contribution is -0.257. The van der Waals surface area contributed by atoms with Gasteiger partial charge in [-0.2, -0.15) is 0 Å². The van der Waals surface area contributed by atoms with Crippen LogP contribution in [-0.2, 0) is 19.0 Å². The van der Waals surface area contributed by atoms with Gasteiger partial charge in [0.15, 0.2) is 6.29 Å². The van der Waals surface area contributed by atoms with Gasteiger partial charge in [-0.1, -0.05) is 0 Å². The number of carbonyl (C=O) groups is 1. The summed E-state index contributed by atoms with van der Waals surface area (Å²) in [6, 6.07) is -0.192. The third-order valence-corrected chi connectivity index (χ3v) is 3.93. The quantitative estimate of drug-likeness (QED) is 0.506. The molecule has 2 fully saturated rings. The molecular formula is C15H25NO7. The predicted octanol–water partition coefficient (Wildman–Crippen LogP) is -0.405. The van der Waals surface area contributed by atoms with Crippen molar-refractivity contribution < 1.29 is 34.3 Å². The second kappa shape index (κ2) is 8.60. The van der Waals surface area contributed by atoms with Crippen molar-refractivity contribution in [1.82, 2.24) is 5.32 Å². The summed E-state index contributed by atoms with van der Waals surface area (Å²) in [5.41, 5.74) is 0. The Labute approximate surface area is 135 Å². The Morgan fingerprint density at radius 2 is 2.17 bits per heavy atom. The highest BCUT2D eigenvalue weighted by Gasteiger charge is 2.36. The Bertz CT molecular complexity index is 417. The van der Waals surface area contributed by atoms with Crippen molar-refractivity contribution in [2.24, 2.45) is 0 Å². The number of hydrogen-bond donors (Lipinski definition) is 4. The highest BCUT2D eigenvalue weighted by Crippen LogP contribution is 2.26. The molecule has 23 heavy (non-hydrogen) atoms. The maximum Gasteiger partial charge on any atom is 0.217 e. The Balaban J connectivity index is 1.98. The molecule has 8 heteroatoms. The molecule has 6 atom stereocenters. The average Bonchev–Trinajstić information content (AvgIpc) is 2.49. The maximum atomic E-state index is 11.2. The number of ether oxygens (including phenoxy) is 3. The normalized spacial score (nSPS) is 38.6. The Hall–Kier alpha value is -1.19. The third kappa shape index (κ3) is 5.43. The second-order valence-corrected chi connectivity index (χ2v) is 5.94. The van der Waals surface area contributed by atoms with Crippen LogP contribution in [0.2, 0.25) is 0 Å².